The Morgan fingerprint density at radius 1 is 1.12 bits per heavy atom. The Morgan fingerprint density at radius 3 is 2.76 bits per heavy atom. The molecule has 25 heavy (non-hydrogen) atoms. The van der Waals surface area contributed by atoms with E-state index in [2.05, 4.69) is 14.9 Å². The van der Waals surface area contributed by atoms with Crippen molar-refractivity contribution < 1.29 is 14.2 Å². The average molecular weight is 342 g/mol. The molecule has 0 saturated carbocycles. The van der Waals surface area contributed by atoms with E-state index in [1.165, 1.54) is 0 Å². The molecule has 4 rings (SSSR count). The third kappa shape index (κ3) is 3.76. The first-order valence-corrected chi connectivity index (χ1v) is 8.62. The Kier molecular flexibility index (Phi) is 4.56. The van der Waals surface area contributed by atoms with Crippen molar-refractivity contribution in [3.8, 4) is 11.5 Å². The van der Waals surface area contributed by atoms with Crippen molar-refractivity contribution in [1.82, 2.24) is 9.97 Å². The summed E-state index contributed by atoms with van der Waals surface area (Å²) in [5, 5.41) is 0. The van der Waals surface area contributed by atoms with Gasteiger partial charge in [0.1, 0.15) is 18.5 Å². The van der Waals surface area contributed by atoms with E-state index in [4.69, 9.17) is 19.9 Å². The third-order valence-electron chi connectivity index (χ3n) is 4.41. The Labute approximate surface area is 146 Å². The van der Waals surface area contributed by atoms with Crippen LogP contribution in [0.4, 0.5) is 11.8 Å². The molecule has 1 aromatic heterocycles. The number of para-hydroxylation sites is 2. The Hall–Kier alpha value is -2.54. The molecule has 1 fully saturated rings. The molecular formula is C18H22N4O3. The molecular weight excluding hydrogens is 320 g/mol. The van der Waals surface area contributed by atoms with E-state index in [0.717, 1.165) is 48.9 Å². The predicted molar refractivity (Wildman–Crippen MR) is 94.2 cm³/mol. The monoisotopic (exact) mass is 342 g/mol. The van der Waals surface area contributed by atoms with E-state index in [1.54, 1.807) is 0 Å². The molecule has 0 unspecified atom stereocenters. The van der Waals surface area contributed by atoms with Crippen LogP contribution in [0, 0.1) is 0 Å². The molecule has 1 saturated heterocycles. The minimum absolute atomic E-state index is 0.0120. The van der Waals surface area contributed by atoms with E-state index in [0.29, 0.717) is 25.8 Å². The standard InChI is InChI=1S/C18H22N4O3/c19-18-20-13(11-17(21-18)22-7-9-23-10-8-22)5-6-14-12-24-15-3-1-2-4-16(15)25-14/h1-4,11,14H,5-10,12H2,(H2,19,20,21)/t14-/m1/s1. The van der Waals surface area contributed by atoms with Crippen molar-refractivity contribution in [2.24, 2.45) is 0 Å². The van der Waals surface area contributed by atoms with Gasteiger partial charge in [0.2, 0.25) is 5.95 Å². The molecule has 1 atom stereocenters. The lowest BCUT2D eigenvalue weighted by Gasteiger charge is -2.28. The van der Waals surface area contributed by atoms with E-state index in [-0.39, 0.29) is 6.10 Å². The van der Waals surface area contributed by atoms with Crippen LogP contribution in [0.5, 0.6) is 11.5 Å². The van der Waals surface area contributed by atoms with Gasteiger partial charge in [-0.05, 0) is 25.0 Å². The van der Waals surface area contributed by atoms with Crippen LogP contribution in [0.15, 0.2) is 30.3 Å². The van der Waals surface area contributed by atoms with Crippen molar-refractivity contribution in [2.45, 2.75) is 18.9 Å². The van der Waals surface area contributed by atoms with Crippen LogP contribution in [0.3, 0.4) is 0 Å². The smallest absolute Gasteiger partial charge is 0.222 e. The predicted octanol–water partition coefficient (Wildman–Crippen LogP) is 1.67. The zero-order valence-corrected chi connectivity index (χ0v) is 14.1. The van der Waals surface area contributed by atoms with E-state index >= 15 is 0 Å². The second-order valence-electron chi connectivity index (χ2n) is 6.21. The number of aryl methyl sites for hydroxylation is 1. The zero-order chi connectivity index (χ0) is 17.1. The second kappa shape index (κ2) is 7.14. The fraction of sp³-hybridized carbons (Fsp3) is 0.444. The van der Waals surface area contributed by atoms with Crippen LogP contribution in [-0.2, 0) is 11.2 Å². The van der Waals surface area contributed by atoms with Crippen LogP contribution in [0.25, 0.3) is 0 Å². The van der Waals surface area contributed by atoms with Gasteiger partial charge in [-0.3, -0.25) is 0 Å². The number of hydrogen-bond acceptors (Lipinski definition) is 7. The highest BCUT2D eigenvalue weighted by molar-refractivity contribution is 5.44. The summed E-state index contributed by atoms with van der Waals surface area (Å²) in [6.45, 7) is 3.63. The van der Waals surface area contributed by atoms with Crippen LogP contribution in [-0.4, -0.2) is 49.0 Å². The lowest BCUT2D eigenvalue weighted by atomic mass is 10.1. The van der Waals surface area contributed by atoms with Crippen LogP contribution >= 0.6 is 0 Å². The topological polar surface area (TPSA) is 82.7 Å². The highest BCUT2D eigenvalue weighted by Gasteiger charge is 2.21. The van der Waals surface area contributed by atoms with E-state index < -0.39 is 0 Å². The van der Waals surface area contributed by atoms with Crippen molar-refractivity contribution in [3.05, 3.63) is 36.0 Å². The van der Waals surface area contributed by atoms with Gasteiger partial charge < -0.3 is 24.8 Å². The number of anilines is 2. The highest BCUT2D eigenvalue weighted by Crippen LogP contribution is 2.31. The summed E-state index contributed by atoms with van der Waals surface area (Å²) >= 11 is 0. The fourth-order valence-electron chi connectivity index (χ4n) is 3.10. The summed E-state index contributed by atoms with van der Waals surface area (Å²) in [4.78, 5) is 10.9. The molecule has 132 valence electrons. The largest absolute Gasteiger partial charge is 0.486 e. The van der Waals surface area contributed by atoms with Gasteiger partial charge >= 0.3 is 0 Å². The molecule has 7 nitrogen and oxygen atoms in total. The quantitative estimate of drug-likeness (QED) is 0.905. The molecule has 2 aliphatic heterocycles. The Balaban J connectivity index is 1.40. The number of nitrogens with two attached hydrogens (primary N) is 1. The van der Waals surface area contributed by atoms with Gasteiger partial charge in [0.05, 0.1) is 13.2 Å². The number of morpholine rings is 1. The molecule has 0 spiro atoms. The number of fused-ring (bicyclic) bond motifs is 1. The summed E-state index contributed by atoms with van der Waals surface area (Å²) in [5.74, 6) is 2.79. The minimum Gasteiger partial charge on any atom is -0.486 e. The van der Waals surface area contributed by atoms with Gasteiger partial charge in [-0.1, -0.05) is 12.1 Å². The van der Waals surface area contributed by atoms with E-state index in [1.807, 2.05) is 30.3 Å². The number of ether oxygens (including phenoxy) is 3. The average Bonchev–Trinajstić information content (AvgIpc) is 2.66. The molecule has 2 aromatic rings. The molecule has 2 aliphatic rings. The van der Waals surface area contributed by atoms with Gasteiger partial charge in [-0.2, -0.15) is 4.98 Å². The molecule has 3 heterocycles. The van der Waals surface area contributed by atoms with Gasteiger partial charge in [-0.15, -0.1) is 0 Å². The van der Waals surface area contributed by atoms with Crippen molar-refractivity contribution in [2.75, 3.05) is 43.5 Å². The first-order valence-electron chi connectivity index (χ1n) is 8.62. The summed E-state index contributed by atoms with van der Waals surface area (Å²) < 4.78 is 17.2. The van der Waals surface area contributed by atoms with Crippen LogP contribution in [0.2, 0.25) is 0 Å². The van der Waals surface area contributed by atoms with Crippen LogP contribution < -0.4 is 20.1 Å². The fourth-order valence-corrected chi connectivity index (χ4v) is 3.10. The van der Waals surface area contributed by atoms with Gasteiger partial charge in [0.15, 0.2) is 11.5 Å². The number of rotatable bonds is 4. The highest BCUT2D eigenvalue weighted by atomic mass is 16.6. The minimum atomic E-state index is 0.0120. The molecule has 7 heteroatoms. The number of benzene rings is 1. The summed E-state index contributed by atoms with van der Waals surface area (Å²) in [7, 11) is 0. The number of hydrogen-bond donors (Lipinski definition) is 1. The first-order chi connectivity index (χ1) is 12.3. The number of aromatic nitrogens is 2. The molecule has 0 bridgehead atoms. The lowest BCUT2D eigenvalue weighted by molar-refractivity contribution is 0.0849. The molecule has 0 aliphatic carbocycles. The third-order valence-corrected chi connectivity index (χ3v) is 4.41. The van der Waals surface area contributed by atoms with Crippen molar-refractivity contribution in [3.63, 3.8) is 0 Å². The van der Waals surface area contributed by atoms with Crippen molar-refractivity contribution in [1.29, 1.82) is 0 Å². The maximum absolute atomic E-state index is 6.00. The lowest BCUT2D eigenvalue weighted by Crippen LogP contribution is -2.37. The summed E-state index contributed by atoms with van der Waals surface area (Å²) in [5.41, 5.74) is 6.83. The molecule has 2 N–H and O–H groups in total. The SMILES string of the molecule is Nc1nc(CC[C@@H]2COc3ccccc3O2)cc(N2CCOCC2)n1. The first kappa shape index (κ1) is 16.0. The molecule has 1 aromatic carbocycles. The van der Waals surface area contributed by atoms with Crippen LogP contribution in [0.1, 0.15) is 12.1 Å². The maximum Gasteiger partial charge on any atom is 0.222 e. The van der Waals surface area contributed by atoms with Gasteiger partial charge in [0, 0.05) is 24.8 Å². The summed E-state index contributed by atoms with van der Waals surface area (Å²) in [6.07, 6.45) is 1.59. The summed E-state index contributed by atoms with van der Waals surface area (Å²) in [6, 6.07) is 9.76. The molecule has 0 amide bonds. The van der Waals surface area contributed by atoms with Gasteiger partial charge in [0.25, 0.3) is 0 Å². The van der Waals surface area contributed by atoms with Gasteiger partial charge in [-0.25, -0.2) is 4.98 Å². The number of nitrogens with zero attached hydrogens (tertiary/aromatic N) is 3. The maximum atomic E-state index is 6.00. The Bertz CT molecular complexity index is 734. The zero-order valence-electron chi connectivity index (χ0n) is 14.1. The second-order valence-corrected chi connectivity index (χ2v) is 6.21. The molecule has 0 radical (unpaired) electrons. The van der Waals surface area contributed by atoms with E-state index in [9.17, 15) is 0 Å². The normalized spacial score (nSPS) is 19.7. The Morgan fingerprint density at radius 2 is 1.92 bits per heavy atom. The van der Waals surface area contributed by atoms with Crippen molar-refractivity contribution >= 4 is 11.8 Å². The number of nitrogen functional groups attached to an aromatic ring is 1.